The van der Waals surface area contributed by atoms with Crippen LogP contribution in [0.2, 0.25) is 0 Å². The molecule has 0 aliphatic carbocycles. The Morgan fingerprint density at radius 1 is 1.15 bits per heavy atom. The van der Waals surface area contributed by atoms with E-state index in [1.807, 2.05) is 4.58 Å². The molecule has 0 unspecified atom stereocenters. The molecule has 0 aromatic rings. The molecule has 13 heavy (non-hydrogen) atoms. The molecule has 0 atom stereocenters. The molecule has 1 rings (SSSR count). The number of ether oxygens (including phenoxy) is 1. The Balaban J connectivity index is 0.000000252. The van der Waals surface area contributed by atoms with Crippen LogP contribution in [0.4, 0.5) is 0 Å². The number of hydrogen-bond acceptors (Lipinski definition) is 5. The van der Waals surface area contributed by atoms with Crippen molar-refractivity contribution in [3.05, 3.63) is 0 Å². The van der Waals surface area contributed by atoms with Crippen LogP contribution in [-0.2, 0) is 4.74 Å². The first-order valence-corrected chi connectivity index (χ1v) is 4.97. The number of halogens is 2. The number of morpholine rings is 1. The van der Waals surface area contributed by atoms with Gasteiger partial charge in [-0.3, -0.25) is 0 Å². The SMILES string of the molecule is ClC=[N+]1CCOCC1.[O-][Cl+3]([O-])([O-])[O-]. The van der Waals surface area contributed by atoms with Gasteiger partial charge in [-0.25, -0.2) is 23.2 Å². The first-order valence-electron chi connectivity index (χ1n) is 3.30. The Hall–Kier alpha value is 0.0500. The van der Waals surface area contributed by atoms with Crippen LogP contribution < -0.4 is 18.6 Å². The molecule has 1 aliphatic heterocycles. The molecule has 0 aromatic heterocycles. The third kappa shape index (κ3) is 12.1. The van der Waals surface area contributed by atoms with Gasteiger partial charge in [-0.2, -0.15) is 0 Å². The maximum absolute atomic E-state index is 8.49. The molecule has 1 saturated heterocycles. The fourth-order valence-corrected chi connectivity index (χ4v) is 0.870. The maximum Gasteiger partial charge on any atom is 0.232 e. The number of hydrogen-bond donors (Lipinski definition) is 0. The molecule has 0 spiro atoms. The van der Waals surface area contributed by atoms with Crippen LogP contribution in [0.15, 0.2) is 0 Å². The van der Waals surface area contributed by atoms with Gasteiger partial charge in [0.2, 0.25) is 5.67 Å². The fourth-order valence-electron chi connectivity index (χ4n) is 0.675. The summed E-state index contributed by atoms with van der Waals surface area (Å²) in [6.07, 6.45) is 0. The van der Waals surface area contributed by atoms with Crippen molar-refractivity contribution in [2.24, 2.45) is 0 Å². The lowest BCUT2D eigenvalue weighted by atomic mass is 10.5. The summed E-state index contributed by atoms with van der Waals surface area (Å²) in [6.45, 7) is 3.49. The van der Waals surface area contributed by atoms with Crippen LogP contribution in [0.3, 0.4) is 0 Å². The van der Waals surface area contributed by atoms with Gasteiger partial charge in [0.05, 0.1) is 0 Å². The van der Waals surface area contributed by atoms with E-state index in [1.54, 1.807) is 5.67 Å². The lowest BCUT2D eigenvalue weighted by Gasteiger charge is -2.17. The Kier molecular flexibility index (Phi) is 6.52. The fraction of sp³-hybridized carbons (Fsp3) is 0.800. The maximum atomic E-state index is 8.49. The van der Waals surface area contributed by atoms with Gasteiger partial charge < -0.3 is 4.74 Å². The lowest BCUT2D eigenvalue weighted by Crippen LogP contribution is -2.68. The van der Waals surface area contributed by atoms with E-state index in [0.717, 1.165) is 26.3 Å². The van der Waals surface area contributed by atoms with Gasteiger partial charge in [-0.1, -0.05) is 0 Å². The highest BCUT2D eigenvalue weighted by molar-refractivity contribution is 6.54. The molecule has 8 heteroatoms. The zero-order valence-electron chi connectivity index (χ0n) is 6.65. The van der Waals surface area contributed by atoms with Crippen molar-refractivity contribution in [1.82, 2.24) is 0 Å². The van der Waals surface area contributed by atoms with E-state index in [2.05, 4.69) is 0 Å². The van der Waals surface area contributed by atoms with E-state index in [-0.39, 0.29) is 0 Å². The van der Waals surface area contributed by atoms with Crippen LogP contribution >= 0.6 is 11.6 Å². The highest BCUT2D eigenvalue weighted by atomic mass is 35.7. The first kappa shape index (κ1) is 13.1. The first-order chi connectivity index (χ1) is 5.93. The Bertz CT molecular complexity index is 155. The van der Waals surface area contributed by atoms with Crippen molar-refractivity contribution in [1.29, 1.82) is 0 Å². The quantitative estimate of drug-likeness (QED) is 0.393. The molecule has 1 heterocycles. The minimum Gasteiger partial charge on any atom is -0.368 e. The smallest absolute Gasteiger partial charge is 0.232 e. The van der Waals surface area contributed by atoms with E-state index in [0.29, 0.717) is 0 Å². The minimum atomic E-state index is -4.94. The van der Waals surface area contributed by atoms with Gasteiger partial charge in [0.25, 0.3) is 0 Å². The molecular formula is C5H9Cl2NO5. The molecule has 0 saturated carbocycles. The summed E-state index contributed by atoms with van der Waals surface area (Å²) in [4.78, 5) is 0. The Labute approximate surface area is 82.4 Å². The predicted molar refractivity (Wildman–Crippen MR) is 32.7 cm³/mol. The second-order valence-corrected chi connectivity index (χ2v) is 3.08. The summed E-state index contributed by atoms with van der Waals surface area (Å²) < 4.78 is 41.1. The van der Waals surface area contributed by atoms with Gasteiger partial charge in [-0.05, 0) is 11.6 Å². The Morgan fingerprint density at radius 2 is 1.54 bits per heavy atom. The van der Waals surface area contributed by atoms with Crippen LogP contribution in [0.5, 0.6) is 0 Å². The normalized spacial score (nSPS) is 17.5. The zero-order chi connectivity index (χ0) is 10.3. The molecule has 1 aliphatic rings. The van der Waals surface area contributed by atoms with Gasteiger partial charge in [-0.15, -0.1) is 10.2 Å². The van der Waals surface area contributed by atoms with Crippen LogP contribution in [0.1, 0.15) is 0 Å². The molecular weight excluding hydrogens is 225 g/mol. The van der Waals surface area contributed by atoms with Gasteiger partial charge >= 0.3 is 0 Å². The average molecular weight is 234 g/mol. The molecule has 78 valence electrons. The van der Waals surface area contributed by atoms with Crippen molar-refractivity contribution in [2.45, 2.75) is 0 Å². The summed E-state index contributed by atoms with van der Waals surface area (Å²) in [5, 5.41) is 0. The van der Waals surface area contributed by atoms with E-state index >= 15 is 0 Å². The second kappa shape index (κ2) is 6.50. The van der Waals surface area contributed by atoms with Crippen LogP contribution in [0.25, 0.3) is 0 Å². The summed E-state index contributed by atoms with van der Waals surface area (Å²) in [5.41, 5.74) is 1.59. The molecule has 0 aromatic carbocycles. The predicted octanol–water partition coefficient (Wildman–Crippen LogP) is -4.46. The zero-order valence-corrected chi connectivity index (χ0v) is 8.16. The van der Waals surface area contributed by atoms with Crippen molar-refractivity contribution in [3.8, 4) is 0 Å². The topological polar surface area (TPSA) is 104 Å². The van der Waals surface area contributed by atoms with Crippen LogP contribution in [0, 0.1) is 10.2 Å². The lowest BCUT2D eigenvalue weighted by molar-refractivity contribution is -2.00. The highest BCUT2D eigenvalue weighted by Gasteiger charge is 2.08. The van der Waals surface area contributed by atoms with Crippen LogP contribution in [-0.4, -0.2) is 36.6 Å². The second-order valence-electron chi connectivity index (χ2n) is 2.12. The monoisotopic (exact) mass is 233 g/mol. The summed E-state index contributed by atoms with van der Waals surface area (Å²) in [5.74, 6) is 0. The summed E-state index contributed by atoms with van der Waals surface area (Å²) in [7, 11) is -4.94. The van der Waals surface area contributed by atoms with Gasteiger partial charge in [0.1, 0.15) is 13.2 Å². The van der Waals surface area contributed by atoms with E-state index in [1.165, 1.54) is 0 Å². The van der Waals surface area contributed by atoms with Crippen molar-refractivity contribution in [3.63, 3.8) is 0 Å². The van der Waals surface area contributed by atoms with E-state index in [9.17, 15) is 0 Å². The third-order valence-corrected chi connectivity index (χ3v) is 1.46. The molecule has 0 N–H and O–H groups in total. The van der Waals surface area contributed by atoms with Gasteiger partial charge in [0, 0.05) is 0 Å². The van der Waals surface area contributed by atoms with Crippen molar-refractivity contribution >= 4 is 17.3 Å². The minimum absolute atomic E-state index is 0.809. The number of nitrogens with zero attached hydrogens (tertiary/aromatic N) is 1. The molecule has 0 amide bonds. The standard InChI is InChI=1S/C5H9ClNO.ClHO4/c6-5-7-1-3-8-4-2-7;2-1(3,4)5/h5H,1-4H2;(H,2,3,4,5)/q+1;/p-1. The molecule has 1 fully saturated rings. The van der Waals surface area contributed by atoms with Crippen molar-refractivity contribution < 1.29 is 38.2 Å². The third-order valence-electron chi connectivity index (χ3n) is 1.18. The molecule has 0 radical (unpaired) electrons. The summed E-state index contributed by atoms with van der Waals surface area (Å²) >= 11 is 5.43. The van der Waals surface area contributed by atoms with Gasteiger partial charge in [0.15, 0.2) is 13.1 Å². The largest absolute Gasteiger partial charge is 0.368 e. The number of rotatable bonds is 0. The Morgan fingerprint density at radius 3 is 1.77 bits per heavy atom. The molecule has 0 bridgehead atoms. The summed E-state index contributed by atoms with van der Waals surface area (Å²) in [6, 6.07) is 0. The molecule has 6 nitrogen and oxygen atoms in total. The van der Waals surface area contributed by atoms with E-state index < -0.39 is 10.2 Å². The highest BCUT2D eigenvalue weighted by Crippen LogP contribution is 1.87. The van der Waals surface area contributed by atoms with E-state index in [4.69, 9.17) is 35.0 Å². The average Bonchev–Trinajstić information content (AvgIpc) is 2.03. The van der Waals surface area contributed by atoms with Crippen molar-refractivity contribution in [2.75, 3.05) is 26.3 Å².